The normalized spacial score (nSPS) is 12.9. The number of hydrogen-bond acceptors (Lipinski definition) is 7. The van der Waals surface area contributed by atoms with E-state index in [-0.39, 0.29) is 4.90 Å². The zero-order valence-corrected chi connectivity index (χ0v) is 23.2. The maximum absolute atomic E-state index is 12.4. The summed E-state index contributed by atoms with van der Waals surface area (Å²) in [5.74, 6) is 16.6. The van der Waals surface area contributed by atoms with E-state index in [0.717, 1.165) is 13.0 Å². The van der Waals surface area contributed by atoms with E-state index in [4.69, 9.17) is 0 Å². The van der Waals surface area contributed by atoms with E-state index in [9.17, 15) is 8.42 Å². The second-order valence-electron chi connectivity index (χ2n) is 8.10. The topological polar surface area (TPSA) is 108 Å². The predicted octanol–water partition coefficient (Wildman–Crippen LogP) is 3.64. The first-order valence-corrected chi connectivity index (χ1v) is 13.8. The average Bonchev–Trinajstić information content (AvgIpc) is 2.93. The minimum atomic E-state index is -3.55. The van der Waals surface area contributed by atoms with Crippen LogP contribution in [0.15, 0.2) is 59.4 Å². The van der Waals surface area contributed by atoms with Gasteiger partial charge in [-0.3, -0.25) is 0 Å². The summed E-state index contributed by atoms with van der Waals surface area (Å²) >= 11 is 0. The van der Waals surface area contributed by atoms with Crippen LogP contribution in [0.4, 0.5) is 17.5 Å². The van der Waals surface area contributed by atoms with Crippen molar-refractivity contribution in [1.82, 2.24) is 20.0 Å². The molecule has 0 unspecified atom stereocenters. The Morgan fingerprint density at radius 1 is 1.11 bits per heavy atom. The molecule has 1 aromatic carbocycles. The van der Waals surface area contributed by atoms with Crippen molar-refractivity contribution >= 4 is 34.4 Å². The first kappa shape index (κ1) is 30.5. The molecule has 2 aromatic heterocycles. The number of aromatic nitrogens is 2. The molecule has 3 heterocycles. The standard InChI is InChI=1S/C18H22N6O2S.C6H7B.C4H6/c1-19-9-3-2-6-14-13-21-18-23-15-7-4-8-16(12-15)27(25,26)22-11-5-10-20-17(14)24-18;1-6-2-4-7-5-3-6;1-3-4-2/h4,7-8,12-13,19,22H,3,5,9-11H2,1H3,(H2,20,21,23,24);2-5H,1H3;1-2H3. The summed E-state index contributed by atoms with van der Waals surface area (Å²) in [6.45, 7) is 9.44. The molecule has 1 aliphatic heterocycles. The van der Waals surface area contributed by atoms with E-state index < -0.39 is 10.0 Å². The van der Waals surface area contributed by atoms with Gasteiger partial charge in [0.2, 0.25) is 16.0 Å². The molecule has 0 saturated heterocycles. The molecule has 0 atom stereocenters. The third kappa shape index (κ3) is 11.1. The van der Waals surface area contributed by atoms with Crippen LogP contribution in [-0.2, 0) is 10.0 Å². The van der Waals surface area contributed by atoms with Gasteiger partial charge in [0.1, 0.15) is 5.82 Å². The maximum atomic E-state index is 12.4. The van der Waals surface area contributed by atoms with Crippen molar-refractivity contribution in [2.75, 3.05) is 37.3 Å². The number of nitrogens with one attached hydrogen (secondary N) is 4. The van der Waals surface area contributed by atoms with E-state index >= 15 is 0 Å². The molecule has 38 heavy (non-hydrogen) atoms. The summed E-state index contributed by atoms with van der Waals surface area (Å²) in [5, 5.41) is 9.32. The van der Waals surface area contributed by atoms with Gasteiger partial charge in [-0.25, -0.2) is 18.1 Å². The second kappa shape index (κ2) is 16.9. The fourth-order valence-corrected chi connectivity index (χ4v) is 4.12. The molecule has 198 valence electrons. The number of sulfonamides is 1. The van der Waals surface area contributed by atoms with Crippen LogP contribution in [0.5, 0.6) is 0 Å². The van der Waals surface area contributed by atoms with Crippen LogP contribution >= 0.6 is 0 Å². The monoisotopic (exact) mass is 530 g/mol. The van der Waals surface area contributed by atoms with Crippen LogP contribution in [0.2, 0.25) is 0 Å². The molecule has 8 nitrogen and oxygen atoms in total. The predicted molar refractivity (Wildman–Crippen MR) is 157 cm³/mol. The van der Waals surface area contributed by atoms with E-state index in [2.05, 4.69) is 73.4 Å². The van der Waals surface area contributed by atoms with Gasteiger partial charge < -0.3 is 16.0 Å². The molecule has 0 fully saturated rings. The fourth-order valence-electron chi connectivity index (χ4n) is 3.00. The summed E-state index contributed by atoms with van der Waals surface area (Å²) in [4.78, 5) is 9.01. The van der Waals surface area contributed by atoms with Gasteiger partial charge in [0.25, 0.3) is 0 Å². The minimum absolute atomic E-state index is 0.201. The quantitative estimate of drug-likeness (QED) is 0.296. The van der Waals surface area contributed by atoms with Gasteiger partial charge >= 0.3 is 43.5 Å². The summed E-state index contributed by atoms with van der Waals surface area (Å²) in [5.41, 5.74) is 2.62. The number of nitrogens with zero attached hydrogens (tertiary/aromatic N) is 2. The molecule has 3 aromatic rings. The number of fused-ring (bicyclic) bond motifs is 4. The van der Waals surface area contributed by atoms with E-state index in [0.29, 0.717) is 42.5 Å². The van der Waals surface area contributed by atoms with Crippen molar-refractivity contribution in [1.29, 1.82) is 0 Å². The van der Waals surface area contributed by atoms with Crippen molar-refractivity contribution in [3.63, 3.8) is 0 Å². The van der Waals surface area contributed by atoms with Crippen LogP contribution in [0.1, 0.15) is 37.8 Å². The molecule has 0 saturated carbocycles. The molecule has 0 radical (unpaired) electrons. The van der Waals surface area contributed by atoms with Crippen LogP contribution in [0, 0.1) is 30.6 Å². The molecule has 0 aliphatic carbocycles. The van der Waals surface area contributed by atoms with Gasteiger partial charge in [0, 0.05) is 31.7 Å². The summed E-state index contributed by atoms with van der Waals surface area (Å²) in [6.07, 6.45) is 3.01. The van der Waals surface area contributed by atoms with Gasteiger partial charge in [0.05, 0.1) is 16.7 Å². The van der Waals surface area contributed by atoms with Crippen molar-refractivity contribution in [3.05, 3.63) is 65.6 Å². The molecule has 10 heteroatoms. The zero-order valence-electron chi connectivity index (χ0n) is 22.4. The first-order valence-electron chi connectivity index (χ1n) is 12.4. The summed E-state index contributed by atoms with van der Waals surface area (Å²) < 4.78 is 27.3. The second-order valence-corrected chi connectivity index (χ2v) is 9.86. The Balaban J connectivity index is 0.000000384. The van der Waals surface area contributed by atoms with Crippen molar-refractivity contribution < 1.29 is 8.42 Å². The summed E-state index contributed by atoms with van der Waals surface area (Å²) in [7, 11) is -1.66. The number of rotatable bonds is 2. The third-order valence-electron chi connectivity index (χ3n) is 5.04. The van der Waals surface area contributed by atoms with Crippen molar-refractivity contribution in [2.24, 2.45) is 0 Å². The Hall–Kier alpha value is -3.70. The Morgan fingerprint density at radius 3 is 2.53 bits per heavy atom. The molecule has 4 rings (SSSR count). The first-order chi connectivity index (χ1) is 18.4. The molecule has 4 N–H and O–H groups in total. The third-order valence-corrected chi connectivity index (χ3v) is 6.50. The van der Waals surface area contributed by atoms with Crippen LogP contribution in [0.25, 0.3) is 0 Å². The molecular weight excluding hydrogens is 495 g/mol. The number of benzene rings is 1. The Kier molecular flexibility index (Phi) is 13.6. The van der Waals surface area contributed by atoms with Gasteiger partial charge in [-0.05, 0) is 45.5 Å². The average molecular weight is 531 g/mol. The SMILES string of the molecule is CC#CC.CNCCC#Cc1cnc2nc1NCCCNS(=O)(=O)c1cccc(c1)N2.Cc1ccbcc1. The zero-order chi connectivity index (χ0) is 27.6. The van der Waals surface area contributed by atoms with Crippen LogP contribution in [-0.4, -0.2) is 52.0 Å². The summed E-state index contributed by atoms with van der Waals surface area (Å²) in [6, 6.07) is 10.7. The van der Waals surface area contributed by atoms with E-state index in [1.807, 2.05) is 39.7 Å². The number of aryl methyl sites for hydroxylation is 1. The fraction of sp³-hybridized carbons (Fsp3) is 0.321. The Labute approximate surface area is 227 Å². The molecule has 1 aliphatic rings. The van der Waals surface area contributed by atoms with Crippen molar-refractivity contribution in [2.45, 2.75) is 38.5 Å². The van der Waals surface area contributed by atoms with E-state index in [1.165, 1.54) is 5.56 Å². The molecule has 0 amide bonds. The molecular formula is C28H35BN6O2S. The van der Waals surface area contributed by atoms with Gasteiger partial charge in [-0.2, -0.15) is 4.98 Å². The molecule has 4 bridgehead atoms. The Bertz CT molecular complexity index is 1370. The van der Waals surface area contributed by atoms with Gasteiger partial charge in [-0.1, -0.05) is 17.9 Å². The van der Waals surface area contributed by atoms with Gasteiger partial charge in [0.15, 0.2) is 0 Å². The van der Waals surface area contributed by atoms with E-state index in [1.54, 1.807) is 30.5 Å². The van der Waals surface area contributed by atoms with Crippen LogP contribution < -0.4 is 20.7 Å². The van der Waals surface area contributed by atoms with Crippen LogP contribution in [0.3, 0.4) is 0 Å². The van der Waals surface area contributed by atoms with Crippen molar-refractivity contribution in [3.8, 4) is 23.7 Å². The number of hydrogen-bond donors (Lipinski definition) is 4. The molecule has 0 spiro atoms. The Morgan fingerprint density at radius 2 is 1.87 bits per heavy atom. The number of anilines is 3. The van der Waals surface area contributed by atoms with Gasteiger partial charge in [-0.15, -0.1) is 11.8 Å².